The van der Waals surface area contributed by atoms with E-state index in [0.717, 1.165) is 19.4 Å². The van der Waals surface area contributed by atoms with E-state index in [-0.39, 0.29) is 17.4 Å². The monoisotopic (exact) mass is 501 g/mol. The van der Waals surface area contributed by atoms with Gasteiger partial charge >= 0.3 is 0 Å². The number of thiophene rings is 1. The second kappa shape index (κ2) is 9.81. The van der Waals surface area contributed by atoms with Crippen LogP contribution in [0, 0.1) is 0 Å². The molecule has 0 fully saturated rings. The Labute approximate surface area is 171 Å². The first-order valence-electron chi connectivity index (χ1n) is 6.99. The number of amides is 2. The van der Waals surface area contributed by atoms with Crippen molar-refractivity contribution in [2.45, 2.75) is 6.42 Å². The average molecular weight is 503 g/mol. The lowest BCUT2D eigenvalue weighted by molar-refractivity contribution is -0.121. The van der Waals surface area contributed by atoms with Crippen LogP contribution in [0.3, 0.4) is 0 Å². The van der Waals surface area contributed by atoms with Gasteiger partial charge in [-0.1, -0.05) is 37.9 Å². The van der Waals surface area contributed by atoms with E-state index in [4.69, 9.17) is 12.2 Å². The van der Waals surface area contributed by atoms with Crippen LogP contribution in [0.5, 0.6) is 0 Å². The highest BCUT2D eigenvalue weighted by Gasteiger charge is 2.06. The molecule has 9 heteroatoms. The molecule has 0 saturated heterocycles. The van der Waals surface area contributed by atoms with Crippen LogP contribution in [0.25, 0.3) is 6.08 Å². The van der Waals surface area contributed by atoms with Crippen molar-refractivity contribution in [3.63, 3.8) is 0 Å². The Morgan fingerprint density at radius 2 is 1.88 bits per heavy atom. The Bertz CT molecular complexity index is 787. The molecule has 1 heterocycles. The summed E-state index contributed by atoms with van der Waals surface area (Å²) in [5, 5.41) is 4.37. The third-order valence-electron chi connectivity index (χ3n) is 2.78. The van der Waals surface area contributed by atoms with Gasteiger partial charge in [0.05, 0.1) is 6.42 Å². The lowest BCUT2D eigenvalue weighted by Gasteiger charge is -2.09. The number of hydrogen-bond donors (Lipinski definition) is 3. The number of hydrazine groups is 1. The van der Waals surface area contributed by atoms with E-state index in [1.54, 1.807) is 6.08 Å². The van der Waals surface area contributed by atoms with Gasteiger partial charge in [-0.05, 0) is 53.5 Å². The number of carbonyl (C=O) groups excluding carboxylic acids is 2. The van der Waals surface area contributed by atoms with Gasteiger partial charge < -0.3 is 0 Å². The van der Waals surface area contributed by atoms with Gasteiger partial charge in [0.2, 0.25) is 11.8 Å². The smallest absolute Gasteiger partial charge is 0.250 e. The molecule has 130 valence electrons. The van der Waals surface area contributed by atoms with Crippen molar-refractivity contribution in [2.24, 2.45) is 0 Å². The summed E-state index contributed by atoms with van der Waals surface area (Å²) in [6, 6.07) is 9.39. The van der Waals surface area contributed by atoms with Crippen molar-refractivity contribution in [3.05, 3.63) is 61.2 Å². The first-order chi connectivity index (χ1) is 11.9. The van der Waals surface area contributed by atoms with Crippen molar-refractivity contribution >= 4 is 78.4 Å². The Morgan fingerprint density at radius 3 is 2.52 bits per heavy atom. The van der Waals surface area contributed by atoms with E-state index in [2.05, 4.69) is 48.0 Å². The summed E-state index contributed by atoms with van der Waals surface area (Å²) in [6.07, 6.45) is 3.26. The molecular weight excluding hydrogens is 490 g/mol. The molecule has 0 spiro atoms. The number of hydrogen-bond acceptors (Lipinski definition) is 4. The van der Waals surface area contributed by atoms with E-state index >= 15 is 0 Å². The fraction of sp³-hybridized carbons (Fsp3) is 0.0625. The molecule has 1 aromatic carbocycles. The molecule has 3 N–H and O–H groups in total. The molecule has 2 aromatic rings. The number of rotatable bonds is 4. The molecule has 2 rings (SSSR count). The van der Waals surface area contributed by atoms with Crippen LogP contribution in [-0.4, -0.2) is 16.9 Å². The molecule has 0 aliphatic carbocycles. The fourth-order valence-corrected chi connectivity index (χ4v) is 3.95. The van der Waals surface area contributed by atoms with Crippen LogP contribution in [0.15, 0.2) is 50.7 Å². The Balaban J connectivity index is 1.76. The largest absolute Gasteiger partial charge is 0.298 e. The first kappa shape index (κ1) is 19.8. The van der Waals surface area contributed by atoms with Crippen LogP contribution >= 0.6 is 55.4 Å². The van der Waals surface area contributed by atoms with E-state index < -0.39 is 5.91 Å². The van der Waals surface area contributed by atoms with Crippen LogP contribution in [0.4, 0.5) is 0 Å². The number of carbonyl (C=O) groups is 2. The highest BCUT2D eigenvalue weighted by Crippen LogP contribution is 2.20. The Hall–Kier alpha value is -1.55. The summed E-state index contributed by atoms with van der Waals surface area (Å²) in [7, 11) is 0. The van der Waals surface area contributed by atoms with Gasteiger partial charge in [-0.3, -0.25) is 25.8 Å². The lowest BCUT2D eigenvalue weighted by Crippen LogP contribution is -2.48. The van der Waals surface area contributed by atoms with Crippen LogP contribution in [0.2, 0.25) is 0 Å². The van der Waals surface area contributed by atoms with Crippen molar-refractivity contribution in [1.82, 2.24) is 16.2 Å². The third kappa shape index (κ3) is 7.47. The average Bonchev–Trinajstić information content (AvgIpc) is 3.03. The summed E-state index contributed by atoms with van der Waals surface area (Å²) >= 11 is 13.2. The Kier molecular flexibility index (Phi) is 7.76. The number of thiocarbonyl (C=S) groups is 1. The molecule has 2 amide bonds. The minimum atomic E-state index is -0.402. The molecule has 0 unspecified atom stereocenters. The number of benzene rings is 1. The van der Waals surface area contributed by atoms with Gasteiger partial charge in [0.1, 0.15) is 0 Å². The molecule has 0 saturated carbocycles. The van der Waals surface area contributed by atoms with Gasteiger partial charge in [-0.25, -0.2) is 0 Å². The number of nitrogens with one attached hydrogen (secondary N) is 3. The molecule has 25 heavy (non-hydrogen) atoms. The molecule has 0 radical (unpaired) electrons. The zero-order valence-electron chi connectivity index (χ0n) is 12.7. The summed E-state index contributed by atoms with van der Waals surface area (Å²) < 4.78 is 1.79. The van der Waals surface area contributed by atoms with E-state index in [0.29, 0.717) is 0 Å². The highest BCUT2D eigenvalue weighted by atomic mass is 79.9. The van der Waals surface area contributed by atoms with Crippen LogP contribution in [-0.2, 0) is 16.0 Å². The van der Waals surface area contributed by atoms with E-state index in [1.165, 1.54) is 17.4 Å². The fourth-order valence-electron chi connectivity index (χ4n) is 1.77. The molecule has 0 aliphatic heterocycles. The Morgan fingerprint density at radius 1 is 1.16 bits per heavy atom. The normalized spacial score (nSPS) is 10.5. The van der Waals surface area contributed by atoms with Gasteiger partial charge in [-0.15, -0.1) is 11.3 Å². The topological polar surface area (TPSA) is 70.2 Å². The predicted molar refractivity (Wildman–Crippen MR) is 111 cm³/mol. The summed E-state index contributed by atoms with van der Waals surface area (Å²) in [6.45, 7) is 0. The predicted octanol–water partition coefficient (Wildman–Crippen LogP) is 3.55. The SMILES string of the molecule is O=C(/C=C/c1cc(Br)cc(Br)c1)NC(=S)NNC(=O)Cc1cccs1. The van der Waals surface area contributed by atoms with Gasteiger partial charge in [0.15, 0.2) is 5.11 Å². The molecule has 5 nitrogen and oxygen atoms in total. The maximum absolute atomic E-state index is 11.8. The maximum atomic E-state index is 11.8. The summed E-state index contributed by atoms with van der Waals surface area (Å²) in [4.78, 5) is 24.5. The van der Waals surface area contributed by atoms with Crippen molar-refractivity contribution < 1.29 is 9.59 Å². The van der Waals surface area contributed by atoms with E-state index in [1.807, 2.05) is 35.7 Å². The zero-order chi connectivity index (χ0) is 18.2. The molecule has 0 atom stereocenters. The minimum Gasteiger partial charge on any atom is -0.298 e. The third-order valence-corrected chi connectivity index (χ3v) is 4.78. The van der Waals surface area contributed by atoms with Gasteiger partial charge in [-0.2, -0.15) is 0 Å². The maximum Gasteiger partial charge on any atom is 0.250 e. The van der Waals surface area contributed by atoms with Gasteiger partial charge in [0.25, 0.3) is 0 Å². The summed E-state index contributed by atoms with van der Waals surface area (Å²) in [5.74, 6) is -0.644. The lowest BCUT2D eigenvalue weighted by atomic mass is 10.2. The van der Waals surface area contributed by atoms with Crippen LogP contribution < -0.4 is 16.2 Å². The quantitative estimate of drug-likeness (QED) is 0.339. The highest BCUT2D eigenvalue weighted by molar-refractivity contribution is 9.11. The minimum absolute atomic E-state index is 0.0182. The number of halogens is 2. The van der Waals surface area contributed by atoms with Crippen LogP contribution in [0.1, 0.15) is 10.4 Å². The second-order valence-corrected chi connectivity index (χ2v) is 8.06. The first-order valence-corrected chi connectivity index (χ1v) is 9.86. The van der Waals surface area contributed by atoms with Crippen molar-refractivity contribution in [2.75, 3.05) is 0 Å². The van der Waals surface area contributed by atoms with Crippen molar-refractivity contribution in [3.8, 4) is 0 Å². The standard InChI is InChI=1S/C16H13Br2N3O2S2/c17-11-6-10(7-12(18)8-11)3-4-14(22)19-16(24)21-20-15(23)9-13-2-1-5-25-13/h1-8H,9H2,(H,20,23)(H2,19,21,22,24)/b4-3+. The molecular formula is C16H13Br2N3O2S2. The second-order valence-electron chi connectivity index (χ2n) is 4.78. The molecule has 0 bridgehead atoms. The summed E-state index contributed by atoms with van der Waals surface area (Å²) in [5.41, 5.74) is 5.78. The van der Waals surface area contributed by atoms with Crippen molar-refractivity contribution in [1.29, 1.82) is 0 Å². The molecule has 0 aliphatic rings. The van der Waals surface area contributed by atoms with E-state index in [9.17, 15) is 9.59 Å². The zero-order valence-corrected chi connectivity index (χ0v) is 17.5. The molecule has 1 aromatic heterocycles. The van der Waals surface area contributed by atoms with Gasteiger partial charge in [0, 0.05) is 19.9 Å².